The first-order valence-electron chi connectivity index (χ1n) is 8.68. The van der Waals surface area contributed by atoms with Gasteiger partial charge in [-0.05, 0) is 37.1 Å². The summed E-state index contributed by atoms with van der Waals surface area (Å²) in [5.74, 6) is -0.769. The molecule has 2 heterocycles. The van der Waals surface area contributed by atoms with Crippen molar-refractivity contribution < 1.29 is 23.2 Å². The topological polar surface area (TPSA) is 111 Å². The van der Waals surface area contributed by atoms with Crippen LogP contribution in [0.15, 0.2) is 24.3 Å². The van der Waals surface area contributed by atoms with Gasteiger partial charge in [0.1, 0.15) is 5.54 Å². The van der Waals surface area contributed by atoms with Gasteiger partial charge in [0.2, 0.25) is 0 Å². The van der Waals surface area contributed by atoms with Crippen molar-refractivity contribution in [2.45, 2.75) is 18.4 Å². The fourth-order valence-electron chi connectivity index (χ4n) is 3.35. The van der Waals surface area contributed by atoms with E-state index in [2.05, 4.69) is 9.62 Å². The van der Waals surface area contributed by atoms with E-state index in [9.17, 15) is 13.2 Å². The molecule has 11 heteroatoms. The average molecular weight is 419 g/mol. The molecule has 2 aliphatic rings. The number of carbonyl (C=O) groups excluding carboxylic acids is 1. The van der Waals surface area contributed by atoms with E-state index in [0.29, 0.717) is 18.1 Å². The molecule has 0 atom stereocenters. The second kappa shape index (κ2) is 8.29. The summed E-state index contributed by atoms with van der Waals surface area (Å²) in [6.45, 7) is 2.08. The Kier molecular flexibility index (Phi) is 6.24. The number of hydrogen-bond donors (Lipinski definition) is 3. The zero-order valence-corrected chi connectivity index (χ0v) is 16.3. The standard InChI is InChI=1S/C16H23ClN4O5S/c17-13-1-3-14(4-2-13)20-7-9-21(10-8-20)27(24,25)19-16(15(22)18-23)5-11-26-12-6-16/h1-4,19,23H,5-12H2,(H,18,22). The SMILES string of the molecule is O=C(NO)C1(NS(=O)(=O)N2CCN(c3ccc(Cl)cc3)CC2)CCOCC1. The molecule has 27 heavy (non-hydrogen) atoms. The highest BCUT2D eigenvalue weighted by Gasteiger charge is 2.45. The van der Waals surface area contributed by atoms with Gasteiger partial charge in [-0.25, -0.2) is 5.48 Å². The lowest BCUT2D eigenvalue weighted by molar-refractivity contribution is -0.139. The lowest BCUT2D eigenvalue weighted by Crippen LogP contribution is -2.64. The minimum Gasteiger partial charge on any atom is -0.381 e. The van der Waals surface area contributed by atoms with Gasteiger partial charge in [-0.15, -0.1) is 0 Å². The third-order valence-electron chi connectivity index (χ3n) is 4.98. The molecule has 0 radical (unpaired) electrons. The highest BCUT2D eigenvalue weighted by Crippen LogP contribution is 2.24. The number of hydroxylamine groups is 1. The second-order valence-electron chi connectivity index (χ2n) is 6.61. The van der Waals surface area contributed by atoms with Crippen molar-refractivity contribution in [3.05, 3.63) is 29.3 Å². The summed E-state index contributed by atoms with van der Waals surface area (Å²) >= 11 is 5.90. The first kappa shape index (κ1) is 20.3. The normalized spacial score (nSPS) is 21.0. The summed E-state index contributed by atoms with van der Waals surface area (Å²) in [6.07, 6.45) is 0.312. The van der Waals surface area contributed by atoms with Gasteiger partial charge < -0.3 is 9.64 Å². The maximum absolute atomic E-state index is 12.8. The van der Waals surface area contributed by atoms with Gasteiger partial charge in [0.05, 0.1) is 0 Å². The van der Waals surface area contributed by atoms with E-state index in [1.807, 2.05) is 12.1 Å². The van der Waals surface area contributed by atoms with E-state index < -0.39 is 21.7 Å². The maximum Gasteiger partial charge on any atom is 0.280 e. The number of carbonyl (C=O) groups is 1. The highest BCUT2D eigenvalue weighted by atomic mass is 35.5. The lowest BCUT2D eigenvalue weighted by atomic mass is 9.91. The zero-order valence-electron chi connectivity index (χ0n) is 14.7. The van der Waals surface area contributed by atoms with Crippen LogP contribution in [-0.4, -0.2) is 68.8 Å². The van der Waals surface area contributed by atoms with Crippen molar-refractivity contribution in [1.29, 1.82) is 0 Å². The number of nitrogens with one attached hydrogen (secondary N) is 2. The Morgan fingerprint density at radius 1 is 1.11 bits per heavy atom. The third kappa shape index (κ3) is 4.53. The van der Waals surface area contributed by atoms with Gasteiger partial charge >= 0.3 is 0 Å². The molecule has 9 nitrogen and oxygen atoms in total. The molecule has 2 aliphatic heterocycles. The molecule has 2 saturated heterocycles. The molecular formula is C16H23ClN4O5S. The van der Waals surface area contributed by atoms with Crippen molar-refractivity contribution >= 4 is 33.4 Å². The molecule has 3 N–H and O–H groups in total. The number of amides is 1. The molecule has 0 unspecified atom stereocenters. The largest absolute Gasteiger partial charge is 0.381 e. The van der Waals surface area contributed by atoms with E-state index in [-0.39, 0.29) is 39.1 Å². The Morgan fingerprint density at radius 3 is 2.26 bits per heavy atom. The molecule has 1 aromatic carbocycles. The number of halogens is 1. The van der Waals surface area contributed by atoms with Crippen molar-refractivity contribution in [2.24, 2.45) is 0 Å². The predicted octanol–water partition coefficient (Wildman–Crippen LogP) is 0.351. The molecule has 1 aromatic rings. The summed E-state index contributed by atoms with van der Waals surface area (Å²) in [6, 6.07) is 7.38. The summed E-state index contributed by atoms with van der Waals surface area (Å²) < 4.78 is 34.7. The molecule has 0 spiro atoms. The van der Waals surface area contributed by atoms with Crippen molar-refractivity contribution in [3.63, 3.8) is 0 Å². The maximum atomic E-state index is 12.8. The smallest absolute Gasteiger partial charge is 0.280 e. The number of ether oxygens (including phenoxy) is 1. The summed E-state index contributed by atoms with van der Waals surface area (Å²) in [5.41, 5.74) is 1.15. The molecule has 0 bridgehead atoms. The number of rotatable bonds is 5. The van der Waals surface area contributed by atoms with Crippen LogP contribution in [0.4, 0.5) is 5.69 Å². The monoisotopic (exact) mass is 418 g/mol. The molecule has 2 fully saturated rings. The van der Waals surface area contributed by atoms with Crippen LogP contribution in [0.2, 0.25) is 5.02 Å². The van der Waals surface area contributed by atoms with Crippen molar-refractivity contribution in [3.8, 4) is 0 Å². The van der Waals surface area contributed by atoms with Crippen LogP contribution in [0.1, 0.15) is 12.8 Å². The van der Waals surface area contributed by atoms with Gasteiger partial charge in [-0.2, -0.15) is 17.4 Å². The number of anilines is 1. The third-order valence-corrected chi connectivity index (χ3v) is 6.92. The van der Waals surface area contributed by atoms with Crippen LogP contribution in [0.5, 0.6) is 0 Å². The van der Waals surface area contributed by atoms with Crippen LogP contribution >= 0.6 is 11.6 Å². The Hall–Kier alpha value is -1.43. The predicted molar refractivity (Wildman–Crippen MR) is 100 cm³/mol. The van der Waals surface area contributed by atoms with Gasteiger partial charge in [0.25, 0.3) is 16.1 Å². The van der Waals surface area contributed by atoms with E-state index in [0.717, 1.165) is 5.69 Å². The van der Waals surface area contributed by atoms with Crippen LogP contribution in [0.25, 0.3) is 0 Å². The summed E-state index contributed by atoms with van der Waals surface area (Å²) in [4.78, 5) is 14.2. The van der Waals surface area contributed by atoms with Gasteiger partial charge in [0.15, 0.2) is 0 Å². The fourth-order valence-corrected chi connectivity index (χ4v) is 5.04. The number of hydrogen-bond acceptors (Lipinski definition) is 6. The first-order chi connectivity index (χ1) is 12.9. The van der Waals surface area contributed by atoms with Crippen molar-refractivity contribution in [2.75, 3.05) is 44.3 Å². The molecule has 3 rings (SSSR count). The van der Waals surface area contributed by atoms with Crippen LogP contribution in [-0.2, 0) is 19.7 Å². The van der Waals surface area contributed by atoms with Gasteiger partial charge in [-0.3, -0.25) is 10.0 Å². The number of benzene rings is 1. The number of piperazine rings is 1. The average Bonchev–Trinajstić information content (AvgIpc) is 2.68. The van der Waals surface area contributed by atoms with E-state index in [1.54, 1.807) is 17.6 Å². The minimum atomic E-state index is -3.90. The molecule has 0 aliphatic carbocycles. The first-order valence-corrected chi connectivity index (χ1v) is 10.5. The molecular weight excluding hydrogens is 396 g/mol. The minimum absolute atomic E-state index is 0.156. The van der Waals surface area contributed by atoms with Gasteiger partial charge in [-0.1, -0.05) is 11.6 Å². The molecule has 0 aromatic heterocycles. The Bertz CT molecular complexity index is 760. The highest BCUT2D eigenvalue weighted by molar-refractivity contribution is 7.87. The molecule has 150 valence electrons. The van der Waals surface area contributed by atoms with E-state index in [1.165, 1.54) is 4.31 Å². The fraction of sp³-hybridized carbons (Fsp3) is 0.562. The van der Waals surface area contributed by atoms with Crippen LogP contribution in [0.3, 0.4) is 0 Å². The van der Waals surface area contributed by atoms with Crippen LogP contribution in [0, 0.1) is 0 Å². The summed E-state index contributed by atoms with van der Waals surface area (Å²) in [5, 5.41) is 9.68. The Morgan fingerprint density at radius 2 is 1.70 bits per heavy atom. The Labute approximate surface area is 163 Å². The van der Waals surface area contributed by atoms with E-state index >= 15 is 0 Å². The second-order valence-corrected chi connectivity index (χ2v) is 8.71. The molecule has 1 amide bonds. The zero-order chi connectivity index (χ0) is 19.5. The van der Waals surface area contributed by atoms with Crippen molar-refractivity contribution in [1.82, 2.24) is 14.5 Å². The number of nitrogens with zero attached hydrogens (tertiary/aromatic N) is 2. The summed E-state index contributed by atoms with van der Waals surface area (Å²) in [7, 11) is -3.90. The van der Waals surface area contributed by atoms with E-state index in [4.69, 9.17) is 21.5 Å². The lowest BCUT2D eigenvalue weighted by Gasteiger charge is -2.39. The van der Waals surface area contributed by atoms with Gasteiger partial charge in [0, 0.05) is 50.1 Å². The quantitative estimate of drug-likeness (QED) is 0.470. The Balaban J connectivity index is 1.67. The van der Waals surface area contributed by atoms with Crippen LogP contribution < -0.4 is 15.1 Å². The molecule has 0 saturated carbocycles.